The summed E-state index contributed by atoms with van der Waals surface area (Å²) in [6.45, 7) is 4.04. The number of rotatable bonds is 5. The lowest BCUT2D eigenvalue weighted by Crippen LogP contribution is -2.32. The van der Waals surface area contributed by atoms with Crippen LogP contribution in [0.25, 0.3) is 0 Å². The van der Waals surface area contributed by atoms with Crippen molar-refractivity contribution >= 4 is 28.8 Å². The first-order valence-corrected chi connectivity index (χ1v) is 10.0. The van der Waals surface area contributed by atoms with Crippen molar-refractivity contribution < 1.29 is 19.1 Å². The van der Waals surface area contributed by atoms with Gasteiger partial charge in [-0.05, 0) is 30.7 Å². The number of fused-ring (bicyclic) bond motifs is 1. The van der Waals surface area contributed by atoms with Crippen LogP contribution in [-0.2, 0) is 22.6 Å². The molecule has 1 saturated heterocycles. The molecule has 1 atom stereocenters. The molecule has 0 saturated carbocycles. The van der Waals surface area contributed by atoms with Gasteiger partial charge in [0.25, 0.3) is 0 Å². The summed E-state index contributed by atoms with van der Waals surface area (Å²) in [5.74, 6) is 0.875. The Morgan fingerprint density at radius 1 is 1.19 bits per heavy atom. The third-order valence-corrected chi connectivity index (χ3v) is 6.07. The van der Waals surface area contributed by atoms with Crippen molar-refractivity contribution in [1.82, 2.24) is 5.32 Å². The lowest BCUT2D eigenvalue weighted by molar-refractivity contribution is -0.126. The molecule has 2 aliphatic rings. The monoisotopic (exact) mass is 386 g/mol. The Hall–Kier alpha value is -2.54. The molecular weight excluding hydrogens is 364 g/mol. The highest BCUT2D eigenvalue weighted by Crippen LogP contribution is 2.36. The molecule has 27 heavy (non-hydrogen) atoms. The predicted octanol–water partition coefficient (Wildman–Crippen LogP) is 2.75. The molecule has 142 valence electrons. The highest BCUT2D eigenvalue weighted by Gasteiger charge is 2.35. The molecule has 2 aromatic rings. The van der Waals surface area contributed by atoms with Gasteiger partial charge in [0.1, 0.15) is 13.2 Å². The van der Waals surface area contributed by atoms with Crippen LogP contribution in [-0.4, -0.2) is 31.6 Å². The number of amides is 2. The van der Waals surface area contributed by atoms with Crippen molar-refractivity contribution in [2.75, 3.05) is 24.7 Å². The molecule has 4 rings (SSSR count). The minimum Gasteiger partial charge on any atom is -0.486 e. The van der Waals surface area contributed by atoms with Gasteiger partial charge in [-0.1, -0.05) is 6.92 Å². The first-order chi connectivity index (χ1) is 13.1. The second kappa shape index (κ2) is 7.60. The summed E-state index contributed by atoms with van der Waals surface area (Å²) >= 11 is 1.71. The van der Waals surface area contributed by atoms with E-state index in [1.54, 1.807) is 16.2 Å². The summed E-state index contributed by atoms with van der Waals surface area (Å²) in [6.07, 6.45) is 1.23. The van der Waals surface area contributed by atoms with Gasteiger partial charge in [0, 0.05) is 34.5 Å². The largest absolute Gasteiger partial charge is 0.486 e. The number of carbonyl (C=O) groups excluding carboxylic acids is 2. The number of hydrogen-bond acceptors (Lipinski definition) is 5. The lowest BCUT2D eigenvalue weighted by Gasteiger charge is -2.22. The summed E-state index contributed by atoms with van der Waals surface area (Å²) in [7, 11) is 0. The Kier molecular flexibility index (Phi) is 5.03. The van der Waals surface area contributed by atoms with Crippen LogP contribution in [0.4, 0.5) is 5.69 Å². The molecule has 0 spiro atoms. The zero-order valence-corrected chi connectivity index (χ0v) is 16.0. The molecule has 1 fully saturated rings. The Balaban J connectivity index is 1.39. The standard InChI is InChI=1S/C20H22N2O4S/c1-2-15-4-5-16(27-15)11-21-20(24)13-9-19(23)22(12-13)14-3-6-17-18(10-14)26-8-7-25-17/h3-6,10,13H,2,7-9,11-12H2,1H3,(H,21,24). The first-order valence-electron chi connectivity index (χ1n) is 9.19. The Bertz CT molecular complexity index is 863. The number of thiophene rings is 1. The Morgan fingerprint density at radius 3 is 2.74 bits per heavy atom. The maximum atomic E-state index is 12.5. The summed E-state index contributed by atoms with van der Waals surface area (Å²) in [4.78, 5) is 29.1. The fourth-order valence-electron chi connectivity index (χ4n) is 3.36. The number of anilines is 1. The van der Waals surface area contributed by atoms with Crippen LogP contribution in [0.5, 0.6) is 11.5 Å². The van der Waals surface area contributed by atoms with Crippen LogP contribution in [0.15, 0.2) is 30.3 Å². The van der Waals surface area contributed by atoms with Crippen molar-refractivity contribution in [2.24, 2.45) is 5.92 Å². The molecule has 1 aromatic carbocycles. The van der Waals surface area contributed by atoms with Gasteiger partial charge >= 0.3 is 0 Å². The van der Waals surface area contributed by atoms with E-state index in [0.29, 0.717) is 37.8 Å². The molecular formula is C20H22N2O4S. The minimum atomic E-state index is -0.337. The second-order valence-electron chi connectivity index (χ2n) is 6.67. The van der Waals surface area contributed by atoms with Crippen LogP contribution in [0.3, 0.4) is 0 Å². The van der Waals surface area contributed by atoms with Crippen molar-refractivity contribution in [3.63, 3.8) is 0 Å². The zero-order valence-electron chi connectivity index (χ0n) is 15.2. The van der Waals surface area contributed by atoms with Crippen molar-refractivity contribution in [3.8, 4) is 11.5 Å². The predicted molar refractivity (Wildman–Crippen MR) is 103 cm³/mol. The molecule has 6 nitrogen and oxygen atoms in total. The van der Waals surface area contributed by atoms with Gasteiger partial charge in [0.05, 0.1) is 12.5 Å². The van der Waals surface area contributed by atoms with Gasteiger partial charge < -0.3 is 19.7 Å². The van der Waals surface area contributed by atoms with Gasteiger partial charge in [0.2, 0.25) is 11.8 Å². The lowest BCUT2D eigenvalue weighted by atomic mass is 10.1. The molecule has 2 amide bonds. The van der Waals surface area contributed by atoms with E-state index in [1.807, 2.05) is 24.3 Å². The second-order valence-corrected chi connectivity index (χ2v) is 7.93. The van der Waals surface area contributed by atoms with Gasteiger partial charge in [-0.2, -0.15) is 0 Å². The molecule has 0 radical (unpaired) electrons. The Morgan fingerprint density at radius 2 is 1.96 bits per heavy atom. The highest BCUT2D eigenvalue weighted by atomic mass is 32.1. The maximum absolute atomic E-state index is 12.5. The van der Waals surface area contributed by atoms with Crippen LogP contribution in [0.1, 0.15) is 23.1 Å². The molecule has 0 aliphatic carbocycles. The van der Waals surface area contributed by atoms with E-state index >= 15 is 0 Å². The summed E-state index contributed by atoms with van der Waals surface area (Å²) in [5, 5.41) is 2.97. The van der Waals surface area contributed by atoms with Crippen LogP contribution in [0.2, 0.25) is 0 Å². The van der Waals surface area contributed by atoms with E-state index in [1.165, 1.54) is 4.88 Å². The average Bonchev–Trinajstić information content (AvgIpc) is 3.32. The summed E-state index contributed by atoms with van der Waals surface area (Å²) in [5.41, 5.74) is 0.741. The summed E-state index contributed by atoms with van der Waals surface area (Å²) < 4.78 is 11.1. The zero-order chi connectivity index (χ0) is 18.8. The third-order valence-electron chi connectivity index (χ3n) is 4.84. The molecule has 1 aromatic heterocycles. The molecule has 3 heterocycles. The number of carbonyl (C=O) groups is 2. The first kappa shape index (κ1) is 17.9. The Labute approximate surface area is 162 Å². The maximum Gasteiger partial charge on any atom is 0.227 e. The van der Waals surface area contributed by atoms with Crippen molar-refractivity contribution in [1.29, 1.82) is 0 Å². The number of benzene rings is 1. The normalized spacial score (nSPS) is 18.6. The van der Waals surface area contributed by atoms with Gasteiger partial charge in [-0.15, -0.1) is 11.3 Å². The van der Waals surface area contributed by atoms with Gasteiger partial charge in [-0.25, -0.2) is 0 Å². The summed E-state index contributed by atoms with van der Waals surface area (Å²) in [6, 6.07) is 9.60. The van der Waals surface area contributed by atoms with E-state index < -0.39 is 0 Å². The van der Waals surface area contributed by atoms with Gasteiger partial charge in [-0.3, -0.25) is 9.59 Å². The van der Waals surface area contributed by atoms with Crippen LogP contribution < -0.4 is 19.7 Å². The fraction of sp³-hybridized carbons (Fsp3) is 0.400. The topological polar surface area (TPSA) is 67.9 Å². The van der Waals surface area contributed by atoms with Gasteiger partial charge in [0.15, 0.2) is 11.5 Å². The van der Waals surface area contributed by atoms with Crippen molar-refractivity contribution in [3.05, 3.63) is 40.1 Å². The van der Waals surface area contributed by atoms with E-state index in [9.17, 15) is 9.59 Å². The van der Waals surface area contributed by atoms with E-state index in [2.05, 4.69) is 18.3 Å². The number of nitrogens with one attached hydrogen (secondary N) is 1. The number of aryl methyl sites for hydroxylation is 1. The number of ether oxygens (including phenoxy) is 2. The smallest absolute Gasteiger partial charge is 0.227 e. The SMILES string of the molecule is CCc1ccc(CNC(=O)C2CC(=O)N(c3ccc4c(c3)OCCO4)C2)s1. The molecule has 1 unspecified atom stereocenters. The molecule has 7 heteroatoms. The highest BCUT2D eigenvalue weighted by molar-refractivity contribution is 7.11. The average molecular weight is 386 g/mol. The minimum absolute atomic E-state index is 0.0452. The third kappa shape index (κ3) is 3.78. The van der Waals surface area contributed by atoms with Crippen LogP contribution >= 0.6 is 11.3 Å². The molecule has 2 aliphatic heterocycles. The van der Waals surface area contributed by atoms with E-state index in [-0.39, 0.29) is 24.2 Å². The number of hydrogen-bond donors (Lipinski definition) is 1. The fourth-order valence-corrected chi connectivity index (χ4v) is 4.26. The van der Waals surface area contributed by atoms with E-state index in [4.69, 9.17) is 9.47 Å². The number of nitrogens with zero attached hydrogens (tertiary/aromatic N) is 1. The van der Waals surface area contributed by atoms with E-state index in [0.717, 1.165) is 17.0 Å². The van der Waals surface area contributed by atoms with Crippen LogP contribution in [0, 0.1) is 5.92 Å². The van der Waals surface area contributed by atoms with Crippen molar-refractivity contribution in [2.45, 2.75) is 26.3 Å². The quantitative estimate of drug-likeness (QED) is 0.858. The molecule has 0 bridgehead atoms. The molecule has 1 N–H and O–H groups in total.